The third-order valence-corrected chi connectivity index (χ3v) is 3.71. The van der Waals surface area contributed by atoms with Gasteiger partial charge >= 0.3 is 4.87 Å². The van der Waals surface area contributed by atoms with Gasteiger partial charge in [0.15, 0.2) is 0 Å². The van der Waals surface area contributed by atoms with Gasteiger partial charge in [0.1, 0.15) is 0 Å². The summed E-state index contributed by atoms with van der Waals surface area (Å²) in [6.07, 6.45) is 3.94. The minimum Gasteiger partial charge on any atom is -0.315 e. The van der Waals surface area contributed by atoms with Crippen LogP contribution in [0.15, 0.2) is 10.2 Å². The van der Waals surface area contributed by atoms with Crippen LogP contribution in [-0.4, -0.2) is 11.0 Å². The highest BCUT2D eigenvalue weighted by molar-refractivity contribution is 7.07. The summed E-state index contributed by atoms with van der Waals surface area (Å²) in [5, 5.41) is 5.40. The molecule has 0 spiro atoms. The SMILES string of the molecule is CC1CCCC1NCc1csc(=O)[nH]1. The minimum absolute atomic E-state index is 0.0428. The van der Waals surface area contributed by atoms with Crippen LogP contribution in [0.5, 0.6) is 0 Å². The minimum atomic E-state index is 0.0428. The van der Waals surface area contributed by atoms with Crippen LogP contribution in [0.25, 0.3) is 0 Å². The molecule has 0 radical (unpaired) electrons. The van der Waals surface area contributed by atoms with Crippen molar-refractivity contribution in [1.29, 1.82) is 0 Å². The molecule has 1 aromatic heterocycles. The van der Waals surface area contributed by atoms with Crippen molar-refractivity contribution in [3.8, 4) is 0 Å². The molecule has 1 saturated carbocycles. The van der Waals surface area contributed by atoms with Gasteiger partial charge in [0.2, 0.25) is 0 Å². The molecule has 2 rings (SSSR count). The van der Waals surface area contributed by atoms with Gasteiger partial charge < -0.3 is 10.3 Å². The van der Waals surface area contributed by atoms with Crippen LogP contribution >= 0.6 is 11.3 Å². The van der Waals surface area contributed by atoms with E-state index in [2.05, 4.69) is 17.2 Å². The van der Waals surface area contributed by atoms with E-state index in [1.807, 2.05) is 5.38 Å². The van der Waals surface area contributed by atoms with E-state index >= 15 is 0 Å². The fourth-order valence-electron chi connectivity index (χ4n) is 2.09. The summed E-state index contributed by atoms with van der Waals surface area (Å²) in [5.74, 6) is 0.778. The molecule has 2 unspecified atom stereocenters. The van der Waals surface area contributed by atoms with E-state index < -0.39 is 0 Å². The molecule has 2 N–H and O–H groups in total. The standard InChI is InChI=1S/C10H16N2OS/c1-7-3-2-4-9(7)11-5-8-6-14-10(13)12-8/h6-7,9,11H,2-5H2,1H3,(H,12,13). The molecule has 0 aromatic carbocycles. The lowest BCUT2D eigenvalue weighted by atomic mass is 10.1. The molecule has 1 heterocycles. The van der Waals surface area contributed by atoms with E-state index in [0.29, 0.717) is 6.04 Å². The zero-order valence-corrected chi connectivity index (χ0v) is 9.19. The molecule has 0 amide bonds. The Morgan fingerprint density at radius 2 is 2.50 bits per heavy atom. The van der Waals surface area contributed by atoms with Crippen LogP contribution in [-0.2, 0) is 6.54 Å². The van der Waals surface area contributed by atoms with Crippen molar-refractivity contribution in [2.45, 2.75) is 38.8 Å². The molecule has 14 heavy (non-hydrogen) atoms. The summed E-state index contributed by atoms with van der Waals surface area (Å²) in [4.78, 5) is 13.7. The Morgan fingerprint density at radius 3 is 3.07 bits per heavy atom. The second kappa shape index (κ2) is 4.28. The van der Waals surface area contributed by atoms with Crippen LogP contribution < -0.4 is 10.2 Å². The summed E-state index contributed by atoms with van der Waals surface area (Å²) < 4.78 is 0. The van der Waals surface area contributed by atoms with E-state index in [9.17, 15) is 4.79 Å². The average molecular weight is 212 g/mol. The monoisotopic (exact) mass is 212 g/mol. The second-order valence-electron chi connectivity index (χ2n) is 4.07. The van der Waals surface area contributed by atoms with E-state index in [1.165, 1.54) is 30.6 Å². The average Bonchev–Trinajstić information content (AvgIpc) is 2.72. The van der Waals surface area contributed by atoms with Gasteiger partial charge in [0.25, 0.3) is 0 Å². The number of nitrogens with one attached hydrogen (secondary N) is 2. The Labute approximate surface area is 87.6 Å². The van der Waals surface area contributed by atoms with Crippen LogP contribution in [0.2, 0.25) is 0 Å². The van der Waals surface area contributed by atoms with Gasteiger partial charge in [-0.05, 0) is 18.8 Å². The first kappa shape index (κ1) is 9.93. The lowest BCUT2D eigenvalue weighted by Crippen LogP contribution is -2.30. The van der Waals surface area contributed by atoms with Crippen LogP contribution in [0, 0.1) is 5.92 Å². The molecule has 1 aromatic rings. The van der Waals surface area contributed by atoms with Crippen LogP contribution in [0.1, 0.15) is 31.9 Å². The van der Waals surface area contributed by atoms with Gasteiger partial charge in [-0.3, -0.25) is 4.79 Å². The van der Waals surface area contributed by atoms with E-state index in [1.54, 1.807) is 0 Å². The van der Waals surface area contributed by atoms with Crippen molar-refractivity contribution >= 4 is 11.3 Å². The predicted molar refractivity (Wildman–Crippen MR) is 58.6 cm³/mol. The molecule has 3 nitrogen and oxygen atoms in total. The van der Waals surface area contributed by atoms with Crippen molar-refractivity contribution in [3.63, 3.8) is 0 Å². The number of thiazole rings is 1. The zero-order valence-electron chi connectivity index (χ0n) is 8.38. The maximum absolute atomic E-state index is 10.9. The molecule has 4 heteroatoms. The van der Waals surface area contributed by atoms with E-state index in [0.717, 1.165) is 18.2 Å². The van der Waals surface area contributed by atoms with Crippen molar-refractivity contribution in [3.05, 3.63) is 20.7 Å². The molecule has 1 aliphatic rings. The van der Waals surface area contributed by atoms with Crippen LogP contribution in [0.3, 0.4) is 0 Å². The summed E-state index contributed by atoms with van der Waals surface area (Å²) in [6.45, 7) is 3.09. The van der Waals surface area contributed by atoms with Gasteiger partial charge in [0.05, 0.1) is 0 Å². The highest BCUT2D eigenvalue weighted by atomic mass is 32.1. The maximum atomic E-state index is 10.9. The normalized spacial score (nSPS) is 26.9. The van der Waals surface area contributed by atoms with Crippen molar-refractivity contribution in [2.75, 3.05) is 0 Å². The molecular weight excluding hydrogens is 196 g/mol. The van der Waals surface area contributed by atoms with Crippen molar-refractivity contribution in [1.82, 2.24) is 10.3 Å². The number of hydrogen-bond acceptors (Lipinski definition) is 3. The quantitative estimate of drug-likeness (QED) is 0.801. The Morgan fingerprint density at radius 1 is 1.64 bits per heavy atom. The number of aromatic nitrogens is 1. The molecule has 2 atom stereocenters. The number of aromatic amines is 1. The third-order valence-electron chi connectivity index (χ3n) is 2.99. The molecule has 1 fully saturated rings. The highest BCUT2D eigenvalue weighted by Crippen LogP contribution is 2.24. The Kier molecular flexibility index (Phi) is 3.03. The van der Waals surface area contributed by atoms with Crippen molar-refractivity contribution in [2.24, 2.45) is 5.92 Å². The smallest absolute Gasteiger partial charge is 0.304 e. The zero-order chi connectivity index (χ0) is 9.97. The van der Waals surface area contributed by atoms with Gasteiger partial charge in [-0.1, -0.05) is 24.7 Å². The fraction of sp³-hybridized carbons (Fsp3) is 0.700. The predicted octanol–water partition coefficient (Wildman–Crippen LogP) is 1.71. The van der Waals surface area contributed by atoms with Gasteiger partial charge in [-0.25, -0.2) is 0 Å². The first-order valence-electron chi connectivity index (χ1n) is 5.16. The molecule has 0 saturated heterocycles. The van der Waals surface area contributed by atoms with Gasteiger partial charge in [0, 0.05) is 23.7 Å². The maximum Gasteiger partial charge on any atom is 0.304 e. The fourth-order valence-corrected chi connectivity index (χ4v) is 2.67. The summed E-state index contributed by atoms with van der Waals surface area (Å²) in [6, 6.07) is 0.637. The summed E-state index contributed by atoms with van der Waals surface area (Å²) >= 11 is 1.24. The molecule has 0 aliphatic heterocycles. The van der Waals surface area contributed by atoms with Gasteiger partial charge in [-0.15, -0.1) is 0 Å². The second-order valence-corrected chi connectivity index (χ2v) is 4.91. The Balaban J connectivity index is 1.85. The number of H-pyrrole nitrogens is 1. The lowest BCUT2D eigenvalue weighted by molar-refractivity contribution is 0.424. The summed E-state index contributed by atoms with van der Waals surface area (Å²) in [5.41, 5.74) is 1.01. The van der Waals surface area contributed by atoms with E-state index in [4.69, 9.17) is 0 Å². The van der Waals surface area contributed by atoms with Crippen molar-refractivity contribution < 1.29 is 0 Å². The number of hydrogen-bond donors (Lipinski definition) is 2. The largest absolute Gasteiger partial charge is 0.315 e. The first-order chi connectivity index (χ1) is 6.75. The Hall–Kier alpha value is -0.610. The number of rotatable bonds is 3. The highest BCUT2D eigenvalue weighted by Gasteiger charge is 2.22. The molecular formula is C10H16N2OS. The van der Waals surface area contributed by atoms with Crippen LogP contribution in [0.4, 0.5) is 0 Å². The lowest BCUT2D eigenvalue weighted by Gasteiger charge is -2.16. The molecule has 78 valence electrons. The van der Waals surface area contributed by atoms with Gasteiger partial charge in [-0.2, -0.15) is 0 Å². The molecule has 0 bridgehead atoms. The van der Waals surface area contributed by atoms with E-state index in [-0.39, 0.29) is 4.87 Å². The third kappa shape index (κ3) is 2.25. The Bertz CT molecular complexity index is 344. The first-order valence-corrected chi connectivity index (χ1v) is 6.04. The molecule has 1 aliphatic carbocycles. The summed E-state index contributed by atoms with van der Waals surface area (Å²) in [7, 11) is 0. The topological polar surface area (TPSA) is 44.9 Å².